The number of nitrogens with zero attached hydrogens (tertiary/aromatic N) is 4. The summed E-state index contributed by atoms with van der Waals surface area (Å²) in [6, 6.07) is 55.8. The van der Waals surface area contributed by atoms with Gasteiger partial charge in [-0.25, -0.2) is 15.0 Å². The molecule has 4 nitrogen and oxygen atoms in total. The van der Waals surface area contributed by atoms with Gasteiger partial charge >= 0.3 is 0 Å². The van der Waals surface area contributed by atoms with Gasteiger partial charge in [0.1, 0.15) is 5.82 Å². The van der Waals surface area contributed by atoms with E-state index in [9.17, 15) is 0 Å². The number of rotatable bonds is 4. The Morgan fingerprint density at radius 2 is 1.12 bits per heavy atom. The van der Waals surface area contributed by atoms with Gasteiger partial charge in [0, 0.05) is 33.2 Å². The van der Waals surface area contributed by atoms with Crippen molar-refractivity contribution in [3.63, 3.8) is 0 Å². The van der Waals surface area contributed by atoms with E-state index in [4.69, 9.17) is 15.0 Å². The van der Waals surface area contributed by atoms with E-state index < -0.39 is 0 Å². The molecule has 1 aliphatic carbocycles. The van der Waals surface area contributed by atoms with E-state index in [1.165, 1.54) is 27.6 Å². The predicted octanol–water partition coefficient (Wildman–Crippen LogP) is 11.4. The third-order valence-corrected chi connectivity index (χ3v) is 10.4. The minimum atomic E-state index is -0.235. The van der Waals surface area contributed by atoms with E-state index >= 15 is 0 Å². The molecular weight excluding hydrogens is 609 g/mol. The third-order valence-electron chi connectivity index (χ3n) is 10.4. The number of hydrogen-bond donors (Lipinski definition) is 0. The molecule has 0 spiro atoms. The fourth-order valence-corrected chi connectivity index (χ4v) is 7.92. The molecule has 2 aromatic heterocycles. The van der Waals surface area contributed by atoms with E-state index in [0.717, 1.165) is 67.0 Å². The molecule has 0 amide bonds. The summed E-state index contributed by atoms with van der Waals surface area (Å²) in [6.45, 7) is 4.68. The normalized spacial score (nSPS) is 13.2. The van der Waals surface area contributed by atoms with Crippen molar-refractivity contribution in [2.75, 3.05) is 0 Å². The van der Waals surface area contributed by atoms with Crippen molar-refractivity contribution in [1.29, 1.82) is 0 Å². The molecule has 0 saturated heterocycles. The maximum absolute atomic E-state index is 5.30. The highest BCUT2D eigenvalue weighted by molar-refractivity contribution is 5.99. The second kappa shape index (κ2) is 10.8. The average molecular weight is 641 g/mol. The van der Waals surface area contributed by atoms with Crippen LogP contribution in [-0.4, -0.2) is 19.5 Å². The molecule has 1 aliphatic rings. The summed E-state index contributed by atoms with van der Waals surface area (Å²) < 4.78 is 2.28. The highest BCUT2D eigenvalue weighted by atomic mass is 15.1. The van der Waals surface area contributed by atoms with Crippen LogP contribution in [0.4, 0.5) is 0 Å². The molecule has 10 rings (SSSR count). The minimum absolute atomic E-state index is 0.235. The number of benzene rings is 7. The monoisotopic (exact) mass is 640 g/mol. The SMILES string of the molecule is CC1(C)c2cc(-c3nc(-c4cccc5ccccc45)nc4ccccc34)ccc2-c2ccc(-c3nc4ccccc4n3-c3ccccc3)cc21. The molecule has 0 unspecified atom stereocenters. The topological polar surface area (TPSA) is 43.6 Å². The van der Waals surface area contributed by atoms with E-state index in [2.05, 4.69) is 176 Å². The number of para-hydroxylation sites is 4. The Balaban J connectivity index is 1.12. The lowest BCUT2D eigenvalue weighted by Gasteiger charge is -2.23. The Hall–Kier alpha value is -6.39. The first-order valence-electron chi connectivity index (χ1n) is 17.1. The van der Waals surface area contributed by atoms with Crippen LogP contribution in [0, 0.1) is 0 Å². The van der Waals surface area contributed by atoms with Crippen molar-refractivity contribution in [3.05, 3.63) is 169 Å². The summed E-state index contributed by atoms with van der Waals surface area (Å²) in [6.07, 6.45) is 0. The van der Waals surface area contributed by atoms with Gasteiger partial charge in [0.25, 0.3) is 0 Å². The molecule has 0 bridgehead atoms. The van der Waals surface area contributed by atoms with Crippen molar-refractivity contribution in [3.8, 4) is 50.8 Å². The molecule has 0 aliphatic heterocycles. The fourth-order valence-electron chi connectivity index (χ4n) is 7.92. The van der Waals surface area contributed by atoms with Crippen LogP contribution in [0.1, 0.15) is 25.0 Å². The molecular formula is C46H32N4. The molecule has 0 radical (unpaired) electrons. The molecule has 236 valence electrons. The lowest BCUT2D eigenvalue weighted by atomic mass is 9.81. The number of hydrogen-bond acceptors (Lipinski definition) is 3. The van der Waals surface area contributed by atoms with Crippen molar-refractivity contribution >= 4 is 32.7 Å². The van der Waals surface area contributed by atoms with Crippen LogP contribution in [0.15, 0.2) is 158 Å². The van der Waals surface area contributed by atoms with Gasteiger partial charge in [-0.15, -0.1) is 0 Å². The van der Waals surface area contributed by atoms with Crippen LogP contribution in [0.2, 0.25) is 0 Å². The highest BCUT2D eigenvalue weighted by Gasteiger charge is 2.36. The largest absolute Gasteiger partial charge is 0.292 e. The summed E-state index contributed by atoms with van der Waals surface area (Å²) in [7, 11) is 0. The van der Waals surface area contributed by atoms with Crippen LogP contribution in [0.5, 0.6) is 0 Å². The van der Waals surface area contributed by atoms with Gasteiger partial charge in [0.05, 0.1) is 22.2 Å². The summed E-state index contributed by atoms with van der Waals surface area (Å²) >= 11 is 0. The first-order chi connectivity index (χ1) is 24.5. The van der Waals surface area contributed by atoms with Gasteiger partial charge in [0.2, 0.25) is 0 Å². The first-order valence-corrected chi connectivity index (χ1v) is 17.1. The van der Waals surface area contributed by atoms with Crippen LogP contribution >= 0.6 is 0 Å². The zero-order valence-electron chi connectivity index (χ0n) is 27.8. The van der Waals surface area contributed by atoms with E-state index in [0.29, 0.717) is 0 Å². The smallest absolute Gasteiger partial charge is 0.161 e. The lowest BCUT2D eigenvalue weighted by molar-refractivity contribution is 0.660. The second-order valence-electron chi connectivity index (χ2n) is 13.7. The Kier molecular flexibility index (Phi) is 6.19. The van der Waals surface area contributed by atoms with Gasteiger partial charge in [-0.05, 0) is 75.5 Å². The number of aromatic nitrogens is 4. The Labute approximate surface area is 290 Å². The quantitative estimate of drug-likeness (QED) is 0.192. The van der Waals surface area contributed by atoms with Gasteiger partial charge < -0.3 is 0 Å². The number of fused-ring (bicyclic) bond motifs is 6. The zero-order valence-corrected chi connectivity index (χ0v) is 27.8. The predicted molar refractivity (Wildman–Crippen MR) is 206 cm³/mol. The van der Waals surface area contributed by atoms with Crippen LogP contribution in [0.3, 0.4) is 0 Å². The number of imidazole rings is 1. The molecule has 0 saturated carbocycles. The summed E-state index contributed by atoms with van der Waals surface area (Å²) in [5.41, 5.74) is 13.2. The fraction of sp³-hybridized carbons (Fsp3) is 0.0652. The van der Waals surface area contributed by atoms with Gasteiger partial charge in [0.15, 0.2) is 5.82 Å². The summed E-state index contributed by atoms with van der Waals surface area (Å²) in [5.74, 6) is 1.69. The summed E-state index contributed by atoms with van der Waals surface area (Å²) in [5, 5.41) is 3.38. The standard InChI is InChI=1S/C46H32N4/c1-46(2)38-27-30(43-37-18-8-9-20-40(37)47-44(49-43)36-19-12-14-29-13-6-7-17-33(29)36)23-25-34(38)35-26-24-31(28-39(35)46)45-48-41-21-10-11-22-42(41)50(45)32-15-4-3-5-16-32/h3-28H,1-2H3. The molecule has 0 N–H and O–H groups in total. The summed E-state index contributed by atoms with van der Waals surface area (Å²) in [4.78, 5) is 15.5. The van der Waals surface area contributed by atoms with Crippen LogP contribution in [0.25, 0.3) is 83.6 Å². The maximum Gasteiger partial charge on any atom is 0.161 e. The Bertz CT molecular complexity index is 2790. The highest BCUT2D eigenvalue weighted by Crippen LogP contribution is 2.51. The third kappa shape index (κ3) is 4.28. The molecule has 2 heterocycles. The van der Waals surface area contributed by atoms with Crippen molar-refractivity contribution < 1.29 is 0 Å². The van der Waals surface area contributed by atoms with Crippen LogP contribution in [-0.2, 0) is 5.41 Å². The van der Waals surface area contributed by atoms with Crippen molar-refractivity contribution in [2.24, 2.45) is 0 Å². The van der Waals surface area contributed by atoms with Gasteiger partial charge in [-0.1, -0.05) is 129 Å². The van der Waals surface area contributed by atoms with Gasteiger partial charge in [-0.2, -0.15) is 0 Å². The molecule has 4 heteroatoms. The van der Waals surface area contributed by atoms with Gasteiger partial charge in [-0.3, -0.25) is 4.57 Å². The first kappa shape index (κ1) is 28.6. The van der Waals surface area contributed by atoms with E-state index in [-0.39, 0.29) is 5.41 Å². The van der Waals surface area contributed by atoms with Crippen molar-refractivity contribution in [2.45, 2.75) is 19.3 Å². The van der Waals surface area contributed by atoms with E-state index in [1.54, 1.807) is 0 Å². The van der Waals surface area contributed by atoms with Crippen LogP contribution < -0.4 is 0 Å². The van der Waals surface area contributed by atoms with Crippen molar-refractivity contribution in [1.82, 2.24) is 19.5 Å². The lowest BCUT2D eigenvalue weighted by Crippen LogP contribution is -2.15. The minimum Gasteiger partial charge on any atom is -0.292 e. The second-order valence-corrected chi connectivity index (χ2v) is 13.7. The zero-order chi connectivity index (χ0) is 33.4. The average Bonchev–Trinajstić information content (AvgIpc) is 3.66. The van der Waals surface area contributed by atoms with E-state index in [1.807, 2.05) is 0 Å². The molecule has 7 aromatic carbocycles. The molecule has 50 heavy (non-hydrogen) atoms. The maximum atomic E-state index is 5.30. The molecule has 9 aromatic rings. The Morgan fingerprint density at radius 3 is 1.94 bits per heavy atom. The Morgan fingerprint density at radius 1 is 0.480 bits per heavy atom. The molecule has 0 atom stereocenters. The molecule has 0 fully saturated rings.